The number of hydrogen-bond acceptors (Lipinski definition) is 5. The van der Waals surface area contributed by atoms with Gasteiger partial charge >= 0.3 is 13.6 Å². The summed E-state index contributed by atoms with van der Waals surface area (Å²) in [5.41, 5.74) is 1.92. The average molecular weight is 384 g/mol. The number of rotatable bonds is 8. The van der Waals surface area contributed by atoms with Gasteiger partial charge < -0.3 is 13.8 Å². The highest BCUT2D eigenvalue weighted by Gasteiger charge is 2.29. The van der Waals surface area contributed by atoms with Crippen LogP contribution in [-0.2, 0) is 23.8 Å². The Morgan fingerprint density at radius 2 is 1.62 bits per heavy atom. The molecule has 0 bridgehead atoms. The molecule has 0 aliphatic heterocycles. The van der Waals surface area contributed by atoms with E-state index in [1.165, 1.54) is 0 Å². The molecule has 0 N–H and O–H groups in total. The second-order valence-electron chi connectivity index (χ2n) is 8.12. The first kappa shape index (κ1) is 22.9. The van der Waals surface area contributed by atoms with Crippen LogP contribution in [0.25, 0.3) is 0 Å². The third-order valence-electron chi connectivity index (χ3n) is 3.50. The van der Waals surface area contributed by atoms with Crippen molar-refractivity contribution in [1.82, 2.24) is 0 Å². The molecular weight excluding hydrogens is 351 g/mol. The Morgan fingerprint density at radius 3 is 2.08 bits per heavy atom. The van der Waals surface area contributed by atoms with Crippen LogP contribution in [0, 0.1) is 6.92 Å². The monoisotopic (exact) mass is 384 g/mol. The van der Waals surface area contributed by atoms with E-state index in [0.717, 1.165) is 11.1 Å². The highest BCUT2D eigenvalue weighted by molar-refractivity contribution is 7.53. The van der Waals surface area contributed by atoms with Crippen molar-refractivity contribution in [3.8, 4) is 5.75 Å². The topological polar surface area (TPSA) is 61.8 Å². The SMILES string of the molecule is Cc1ccc(OC(=O)CCP(=O)(OC(C)C)OC(C)C)c(C(C)(C)C)c1. The van der Waals surface area contributed by atoms with Crippen LogP contribution in [0.1, 0.15) is 66.0 Å². The third-order valence-corrected chi connectivity index (χ3v) is 5.76. The van der Waals surface area contributed by atoms with Gasteiger partial charge in [0.15, 0.2) is 0 Å². The van der Waals surface area contributed by atoms with Crippen LogP contribution in [0.3, 0.4) is 0 Å². The van der Waals surface area contributed by atoms with E-state index < -0.39 is 13.6 Å². The molecule has 0 aromatic heterocycles. The summed E-state index contributed by atoms with van der Waals surface area (Å²) in [5.74, 6) is 0.0942. The summed E-state index contributed by atoms with van der Waals surface area (Å²) >= 11 is 0. The first-order chi connectivity index (χ1) is 11.8. The third kappa shape index (κ3) is 7.61. The van der Waals surface area contributed by atoms with E-state index in [1.807, 2.05) is 25.1 Å². The lowest BCUT2D eigenvalue weighted by atomic mass is 9.85. The highest BCUT2D eigenvalue weighted by Crippen LogP contribution is 2.51. The molecule has 26 heavy (non-hydrogen) atoms. The molecule has 0 atom stereocenters. The Bertz CT molecular complexity index is 645. The van der Waals surface area contributed by atoms with Gasteiger partial charge in [-0.2, -0.15) is 0 Å². The number of carbonyl (C=O) groups is 1. The molecule has 0 amide bonds. The maximum atomic E-state index is 12.8. The summed E-state index contributed by atoms with van der Waals surface area (Å²) in [6.07, 6.45) is -0.534. The summed E-state index contributed by atoms with van der Waals surface area (Å²) in [6.45, 7) is 15.4. The minimum atomic E-state index is -3.34. The van der Waals surface area contributed by atoms with Crippen molar-refractivity contribution in [2.24, 2.45) is 0 Å². The van der Waals surface area contributed by atoms with Crippen molar-refractivity contribution >= 4 is 13.6 Å². The standard InChI is InChI=1S/C20H33O5P/c1-14(2)24-26(22,25-15(3)4)12-11-19(21)23-18-10-9-16(5)13-17(18)20(6,7)8/h9-10,13-15H,11-12H2,1-8H3. The Labute approximate surface area is 158 Å². The molecule has 1 rings (SSSR count). The maximum Gasteiger partial charge on any atom is 0.331 e. The van der Waals surface area contributed by atoms with E-state index >= 15 is 0 Å². The zero-order chi connectivity index (χ0) is 20.1. The van der Waals surface area contributed by atoms with E-state index in [0.29, 0.717) is 5.75 Å². The molecule has 1 aromatic carbocycles. The highest BCUT2D eigenvalue weighted by atomic mass is 31.2. The van der Waals surface area contributed by atoms with Crippen molar-refractivity contribution in [3.05, 3.63) is 29.3 Å². The van der Waals surface area contributed by atoms with E-state index in [1.54, 1.807) is 27.7 Å². The van der Waals surface area contributed by atoms with Gasteiger partial charge in [0.2, 0.25) is 0 Å². The summed E-state index contributed by atoms with van der Waals surface area (Å²) in [4.78, 5) is 12.3. The molecule has 5 nitrogen and oxygen atoms in total. The normalized spacial score (nSPS) is 12.7. The number of benzene rings is 1. The van der Waals surface area contributed by atoms with Crippen LogP contribution in [0.5, 0.6) is 5.75 Å². The summed E-state index contributed by atoms with van der Waals surface area (Å²) in [7, 11) is -3.34. The molecule has 0 aliphatic rings. The van der Waals surface area contributed by atoms with Gasteiger partial charge in [-0.25, -0.2) is 0 Å². The average Bonchev–Trinajstić information content (AvgIpc) is 2.44. The van der Waals surface area contributed by atoms with E-state index in [-0.39, 0.29) is 30.2 Å². The first-order valence-corrected chi connectivity index (χ1v) is 10.8. The molecule has 1 aromatic rings. The summed E-state index contributed by atoms with van der Waals surface area (Å²) in [5, 5.41) is 0. The van der Waals surface area contributed by atoms with Crippen molar-refractivity contribution in [2.45, 2.75) is 79.4 Å². The van der Waals surface area contributed by atoms with Crippen molar-refractivity contribution < 1.29 is 23.1 Å². The number of ether oxygens (including phenoxy) is 1. The zero-order valence-corrected chi connectivity index (χ0v) is 18.2. The van der Waals surface area contributed by atoms with Gasteiger partial charge in [-0.3, -0.25) is 9.36 Å². The van der Waals surface area contributed by atoms with E-state index in [9.17, 15) is 9.36 Å². The predicted octanol–water partition coefficient (Wildman–Crippen LogP) is 5.63. The zero-order valence-electron chi connectivity index (χ0n) is 17.3. The lowest BCUT2D eigenvalue weighted by Crippen LogP contribution is -2.18. The Morgan fingerprint density at radius 1 is 1.08 bits per heavy atom. The van der Waals surface area contributed by atoms with Crippen molar-refractivity contribution in [2.75, 3.05) is 6.16 Å². The Hall–Kier alpha value is -1.16. The quantitative estimate of drug-likeness (QED) is 0.330. The lowest BCUT2D eigenvalue weighted by Gasteiger charge is -2.24. The largest absolute Gasteiger partial charge is 0.426 e. The van der Waals surface area contributed by atoms with Crippen LogP contribution < -0.4 is 4.74 Å². The fourth-order valence-electron chi connectivity index (χ4n) is 2.49. The summed E-state index contributed by atoms with van der Waals surface area (Å²) in [6, 6.07) is 5.74. The molecular formula is C20H33O5P. The minimum Gasteiger partial charge on any atom is -0.426 e. The second-order valence-corrected chi connectivity index (χ2v) is 10.2. The smallest absolute Gasteiger partial charge is 0.331 e. The van der Waals surface area contributed by atoms with Gasteiger partial charge in [-0.15, -0.1) is 0 Å². The molecule has 0 fully saturated rings. The fraction of sp³-hybridized carbons (Fsp3) is 0.650. The van der Waals surface area contributed by atoms with Gasteiger partial charge in [0.05, 0.1) is 24.8 Å². The number of carbonyl (C=O) groups excluding carboxylic acids is 1. The molecule has 0 heterocycles. The predicted molar refractivity (Wildman–Crippen MR) is 105 cm³/mol. The molecule has 0 saturated carbocycles. The van der Waals surface area contributed by atoms with Gasteiger partial charge in [0.25, 0.3) is 0 Å². The maximum absolute atomic E-state index is 12.8. The van der Waals surface area contributed by atoms with Crippen LogP contribution in [-0.4, -0.2) is 24.3 Å². The first-order valence-electron chi connectivity index (χ1n) is 9.10. The van der Waals surface area contributed by atoms with Gasteiger partial charge in [-0.05, 0) is 46.1 Å². The summed E-state index contributed by atoms with van der Waals surface area (Å²) < 4.78 is 29.3. The van der Waals surface area contributed by atoms with Crippen LogP contribution >= 0.6 is 7.60 Å². The van der Waals surface area contributed by atoms with E-state index in [2.05, 4.69) is 20.8 Å². The fourth-order valence-corrected chi connectivity index (χ4v) is 4.50. The van der Waals surface area contributed by atoms with Crippen molar-refractivity contribution in [1.29, 1.82) is 0 Å². The van der Waals surface area contributed by atoms with Crippen molar-refractivity contribution in [3.63, 3.8) is 0 Å². The number of hydrogen-bond donors (Lipinski definition) is 0. The molecule has 0 spiro atoms. The number of esters is 1. The van der Waals surface area contributed by atoms with Gasteiger partial charge in [0.1, 0.15) is 5.75 Å². The van der Waals surface area contributed by atoms with Gasteiger partial charge in [-0.1, -0.05) is 38.5 Å². The Kier molecular flexibility index (Phi) is 8.06. The van der Waals surface area contributed by atoms with Crippen LogP contribution in [0.4, 0.5) is 0 Å². The second kappa shape index (κ2) is 9.16. The van der Waals surface area contributed by atoms with Crippen LogP contribution in [0.2, 0.25) is 0 Å². The molecule has 148 valence electrons. The Balaban J connectivity index is 2.85. The molecule has 0 saturated heterocycles. The number of aryl methyl sites for hydroxylation is 1. The van der Waals surface area contributed by atoms with E-state index in [4.69, 9.17) is 13.8 Å². The van der Waals surface area contributed by atoms with Gasteiger partial charge in [0, 0.05) is 5.56 Å². The molecule has 6 heteroatoms. The van der Waals surface area contributed by atoms with Crippen LogP contribution in [0.15, 0.2) is 18.2 Å². The molecule has 0 aliphatic carbocycles. The minimum absolute atomic E-state index is 0.00109. The molecule has 0 radical (unpaired) electrons. The molecule has 0 unspecified atom stereocenters. The lowest BCUT2D eigenvalue weighted by molar-refractivity contribution is -0.134.